The first-order valence-electron chi connectivity index (χ1n) is 5.36. The Kier molecular flexibility index (Phi) is 1.84. The summed E-state index contributed by atoms with van der Waals surface area (Å²) in [5, 5.41) is 3.21. The van der Waals surface area contributed by atoms with Crippen molar-refractivity contribution < 1.29 is 4.39 Å². The number of hydrogen-bond donors (Lipinski definition) is 1. The molecule has 74 valence electrons. The van der Waals surface area contributed by atoms with E-state index >= 15 is 0 Å². The van der Waals surface area contributed by atoms with Crippen LogP contribution in [0.5, 0.6) is 0 Å². The number of benzene rings is 1. The zero-order chi connectivity index (χ0) is 9.54. The second kappa shape index (κ2) is 3.06. The zero-order valence-corrected chi connectivity index (χ0v) is 8.15. The SMILES string of the molecule is Fc1cc(C2CC2)cc2c1CNCC2. The van der Waals surface area contributed by atoms with Crippen LogP contribution in [0.3, 0.4) is 0 Å². The Balaban J connectivity index is 2.06. The van der Waals surface area contributed by atoms with Crippen LogP contribution in [0.15, 0.2) is 12.1 Å². The average Bonchev–Trinajstić information content (AvgIpc) is 3.01. The molecule has 1 aromatic carbocycles. The van der Waals surface area contributed by atoms with Gasteiger partial charge in [-0.2, -0.15) is 0 Å². The molecule has 0 bridgehead atoms. The summed E-state index contributed by atoms with van der Waals surface area (Å²) in [5.41, 5.74) is 3.34. The van der Waals surface area contributed by atoms with Crippen LogP contribution in [0.1, 0.15) is 35.4 Å². The molecule has 1 aliphatic carbocycles. The Morgan fingerprint density at radius 1 is 1.29 bits per heavy atom. The van der Waals surface area contributed by atoms with E-state index in [0.29, 0.717) is 12.5 Å². The minimum absolute atomic E-state index is 0.00315. The summed E-state index contributed by atoms with van der Waals surface area (Å²) in [6, 6.07) is 3.96. The van der Waals surface area contributed by atoms with Crippen molar-refractivity contribution in [1.29, 1.82) is 0 Å². The molecule has 1 nitrogen and oxygen atoms in total. The third kappa shape index (κ3) is 1.34. The van der Waals surface area contributed by atoms with Gasteiger partial charge in [-0.15, -0.1) is 0 Å². The molecule has 0 atom stereocenters. The highest BCUT2D eigenvalue weighted by Gasteiger charge is 2.26. The minimum atomic E-state index is -0.00315. The molecule has 0 aromatic heterocycles. The fourth-order valence-electron chi connectivity index (χ4n) is 2.23. The molecule has 0 saturated heterocycles. The molecule has 1 aliphatic heterocycles. The molecule has 0 unspecified atom stereocenters. The second-order valence-electron chi connectivity index (χ2n) is 4.34. The van der Waals surface area contributed by atoms with E-state index in [1.165, 1.54) is 24.0 Å². The van der Waals surface area contributed by atoms with Crippen molar-refractivity contribution in [2.24, 2.45) is 0 Å². The first-order valence-corrected chi connectivity index (χ1v) is 5.36. The molecule has 1 saturated carbocycles. The van der Waals surface area contributed by atoms with E-state index in [9.17, 15) is 4.39 Å². The molecule has 0 spiro atoms. The van der Waals surface area contributed by atoms with Gasteiger partial charge in [0, 0.05) is 12.1 Å². The van der Waals surface area contributed by atoms with Crippen molar-refractivity contribution >= 4 is 0 Å². The van der Waals surface area contributed by atoms with Crippen molar-refractivity contribution in [2.45, 2.75) is 31.7 Å². The molecular weight excluding hydrogens is 177 g/mol. The smallest absolute Gasteiger partial charge is 0.128 e. The second-order valence-corrected chi connectivity index (χ2v) is 4.34. The third-order valence-corrected chi connectivity index (χ3v) is 3.23. The van der Waals surface area contributed by atoms with Crippen LogP contribution in [0.25, 0.3) is 0 Å². The fraction of sp³-hybridized carbons (Fsp3) is 0.500. The molecule has 1 heterocycles. The van der Waals surface area contributed by atoms with Gasteiger partial charge in [0.25, 0.3) is 0 Å². The van der Waals surface area contributed by atoms with Crippen LogP contribution >= 0.6 is 0 Å². The standard InChI is InChI=1S/C12H14FN/c13-12-6-10(8-1-2-8)5-9-3-4-14-7-11(9)12/h5-6,8,14H,1-4,7H2. The van der Waals surface area contributed by atoms with E-state index in [4.69, 9.17) is 0 Å². The molecule has 1 aromatic rings. The fourth-order valence-corrected chi connectivity index (χ4v) is 2.23. The molecule has 14 heavy (non-hydrogen) atoms. The monoisotopic (exact) mass is 191 g/mol. The summed E-state index contributed by atoms with van der Waals surface area (Å²) in [6.45, 7) is 1.69. The van der Waals surface area contributed by atoms with Gasteiger partial charge < -0.3 is 5.32 Å². The summed E-state index contributed by atoms with van der Waals surface area (Å²) >= 11 is 0. The summed E-state index contributed by atoms with van der Waals surface area (Å²) in [4.78, 5) is 0. The molecule has 0 radical (unpaired) electrons. The van der Waals surface area contributed by atoms with Crippen LogP contribution in [0.4, 0.5) is 4.39 Å². The Bertz CT molecular complexity index is 369. The number of hydrogen-bond acceptors (Lipinski definition) is 1. The van der Waals surface area contributed by atoms with E-state index in [1.807, 2.05) is 0 Å². The summed E-state index contributed by atoms with van der Waals surface area (Å²) in [5.74, 6) is 0.654. The minimum Gasteiger partial charge on any atom is -0.312 e. The van der Waals surface area contributed by atoms with E-state index in [-0.39, 0.29) is 5.82 Å². The van der Waals surface area contributed by atoms with Crippen LogP contribution in [-0.4, -0.2) is 6.54 Å². The predicted molar refractivity (Wildman–Crippen MR) is 53.8 cm³/mol. The number of halogens is 1. The molecule has 2 aliphatic rings. The highest BCUT2D eigenvalue weighted by molar-refractivity contribution is 5.38. The molecule has 2 heteroatoms. The van der Waals surface area contributed by atoms with Gasteiger partial charge in [0.2, 0.25) is 0 Å². The molecule has 0 amide bonds. The largest absolute Gasteiger partial charge is 0.312 e. The van der Waals surface area contributed by atoms with Crippen molar-refractivity contribution in [1.82, 2.24) is 5.32 Å². The Morgan fingerprint density at radius 2 is 2.14 bits per heavy atom. The van der Waals surface area contributed by atoms with Crippen LogP contribution in [0, 0.1) is 5.82 Å². The first kappa shape index (κ1) is 8.42. The van der Waals surface area contributed by atoms with E-state index in [2.05, 4.69) is 11.4 Å². The number of rotatable bonds is 1. The van der Waals surface area contributed by atoms with Crippen LogP contribution in [-0.2, 0) is 13.0 Å². The van der Waals surface area contributed by atoms with E-state index < -0.39 is 0 Å². The lowest BCUT2D eigenvalue weighted by Crippen LogP contribution is -2.24. The highest BCUT2D eigenvalue weighted by atomic mass is 19.1. The molecule has 3 rings (SSSR count). The lowest BCUT2D eigenvalue weighted by molar-refractivity contribution is 0.561. The highest BCUT2D eigenvalue weighted by Crippen LogP contribution is 2.41. The summed E-state index contributed by atoms with van der Waals surface area (Å²) in [6.07, 6.45) is 3.47. The van der Waals surface area contributed by atoms with Gasteiger partial charge in [-0.3, -0.25) is 0 Å². The van der Waals surface area contributed by atoms with Crippen molar-refractivity contribution in [3.05, 3.63) is 34.6 Å². The van der Waals surface area contributed by atoms with Gasteiger partial charge in [0.1, 0.15) is 5.82 Å². The Labute approximate surface area is 83.3 Å². The van der Waals surface area contributed by atoms with Gasteiger partial charge in [0.05, 0.1) is 0 Å². The zero-order valence-electron chi connectivity index (χ0n) is 8.15. The number of fused-ring (bicyclic) bond motifs is 1. The molecule has 1 N–H and O–H groups in total. The lowest BCUT2D eigenvalue weighted by atomic mass is 9.96. The van der Waals surface area contributed by atoms with E-state index in [0.717, 1.165) is 18.5 Å². The van der Waals surface area contributed by atoms with Crippen LogP contribution in [0.2, 0.25) is 0 Å². The van der Waals surface area contributed by atoms with Gasteiger partial charge in [0.15, 0.2) is 0 Å². The first-order chi connectivity index (χ1) is 6.84. The topological polar surface area (TPSA) is 12.0 Å². The quantitative estimate of drug-likeness (QED) is 0.718. The molecular formula is C12H14FN. The summed E-state index contributed by atoms with van der Waals surface area (Å²) in [7, 11) is 0. The van der Waals surface area contributed by atoms with Gasteiger partial charge in [-0.1, -0.05) is 6.07 Å². The van der Waals surface area contributed by atoms with Crippen LogP contribution < -0.4 is 5.32 Å². The van der Waals surface area contributed by atoms with Gasteiger partial charge in [-0.25, -0.2) is 4.39 Å². The predicted octanol–water partition coefficient (Wildman–Crippen LogP) is 2.35. The maximum Gasteiger partial charge on any atom is 0.128 e. The van der Waals surface area contributed by atoms with Gasteiger partial charge >= 0.3 is 0 Å². The number of nitrogens with one attached hydrogen (secondary N) is 1. The molecule has 1 fully saturated rings. The Morgan fingerprint density at radius 3 is 2.93 bits per heavy atom. The van der Waals surface area contributed by atoms with Crippen molar-refractivity contribution in [3.8, 4) is 0 Å². The average molecular weight is 191 g/mol. The lowest BCUT2D eigenvalue weighted by Gasteiger charge is -2.18. The van der Waals surface area contributed by atoms with Crippen molar-refractivity contribution in [3.63, 3.8) is 0 Å². The third-order valence-electron chi connectivity index (χ3n) is 3.23. The maximum absolute atomic E-state index is 13.7. The van der Waals surface area contributed by atoms with E-state index in [1.54, 1.807) is 6.07 Å². The Hall–Kier alpha value is -0.890. The maximum atomic E-state index is 13.7. The van der Waals surface area contributed by atoms with Gasteiger partial charge in [-0.05, 0) is 48.9 Å². The van der Waals surface area contributed by atoms with Crippen molar-refractivity contribution in [2.75, 3.05) is 6.54 Å². The summed E-state index contributed by atoms with van der Waals surface area (Å²) < 4.78 is 13.7. The normalized spacial score (nSPS) is 20.6.